The summed E-state index contributed by atoms with van der Waals surface area (Å²) in [5, 5.41) is 11.2. The van der Waals surface area contributed by atoms with Gasteiger partial charge in [-0.3, -0.25) is 19.2 Å². The molecule has 17 heteroatoms. The van der Waals surface area contributed by atoms with E-state index < -0.39 is 16.6 Å². The maximum Gasteiger partial charge on any atom is 0.221 e. The predicted molar refractivity (Wildman–Crippen MR) is 185 cm³/mol. The molecule has 15 nitrogen and oxygen atoms in total. The van der Waals surface area contributed by atoms with Crippen LogP contribution in [0.2, 0.25) is 38.3 Å². The zero-order valence-electron chi connectivity index (χ0n) is 28.4. The number of carbonyl (C=O) groups is 4. The van der Waals surface area contributed by atoms with E-state index in [2.05, 4.69) is 57.3 Å². The first kappa shape index (κ1) is 43.0. The molecule has 0 heterocycles. The van der Waals surface area contributed by atoms with Crippen LogP contribution in [0.3, 0.4) is 0 Å². The van der Waals surface area contributed by atoms with Crippen LogP contribution in [0, 0.1) is 0 Å². The number of nitrogens with zero attached hydrogens (tertiary/aromatic N) is 2. The van der Waals surface area contributed by atoms with E-state index in [0.717, 1.165) is 25.2 Å². The molecule has 0 aliphatic rings. The molecule has 0 aromatic carbocycles. The third kappa shape index (κ3) is 24.9. The van der Waals surface area contributed by atoms with E-state index in [4.69, 9.17) is 27.0 Å². The van der Waals surface area contributed by atoms with Crippen molar-refractivity contribution in [3.8, 4) is 0 Å². The van der Waals surface area contributed by atoms with Crippen molar-refractivity contribution in [3.05, 3.63) is 0 Å². The first-order chi connectivity index (χ1) is 21.3. The Kier molecular flexibility index (Phi) is 24.1. The number of hydrogen-bond acceptors (Lipinski definition) is 11. The summed E-state index contributed by atoms with van der Waals surface area (Å²) in [6.07, 6.45) is 1.32. The van der Waals surface area contributed by atoms with Gasteiger partial charge >= 0.3 is 0 Å². The molecular formula is C28H64N10O5Si2. The van der Waals surface area contributed by atoms with Crippen LogP contribution in [0.1, 0.15) is 25.7 Å². The molecule has 45 heavy (non-hydrogen) atoms. The molecule has 0 aromatic rings. The fourth-order valence-electron chi connectivity index (χ4n) is 4.61. The van der Waals surface area contributed by atoms with E-state index >= 15 is 0 Å². The summed E-state index contributed by atoms with van der Waals surface area (Å²) in [5.41, 5.74) is 22.0. The number of nitrogens with one attached hydrogen (secondary N) is 4. The first-order valence-corrected chi connectivity index (χ1v) is 22.5. The van der Waals surface area contributed by atoms with Crippen molar-refractivity contribution < 1.29 is 23.3 Å². The minimum Gasteiger partial charge on any atom is -0.455 e. The lowest BCUT2D eigenvalue weighted by Crippen LogP contribution is -2.48. The lowest BCUT2D eigenvalue weighted by molar-refractivity contribution is -0.123. The van der Waals surface area contributed by atoms with Gasteiger partial charge in [0.15, 0.2) is 16.6 Å². The summed E-state index contributed by atoms with van der Waals surface area (Å²) in [6.45, 7) is 15.8. The molecule has 0 unspecified atom stereocenters. The Morgan fingerprint density at radius 3 is 0.956 bits per heavy atom. The third-order valence-corrected chi connectivity index (χ3v) is 14.4. The van der Waals surface area contributed by atoms with Crippen LogP contribution in [0.15, 0.2) is 0 Å². The van der Waals surface area contributed by atoms with E-state index in [1.165, 1.54) is 0 Å². The molecule has 0 saturated heterocycles. The zero-order valence-corrected chi connectivity index (χ0v) is 30.4. The third-order valence-electron chi connectivity index (χ3n) is 7.10. The summed E-state index contributed by atoms with van der Waals surface area (Å²) in [6, 6.07) is 1.70. The van der Waals surface area contributed by atoms with Gasteiger partial charge in [0.1, 0.15) is 0 Å². The van der Waals surface area contributed by atoms with Gasteiger partial charge in [0.2, 0.25) is 23.6 Å². The SMILES string of the molecule is C[Si](C)(CCN(CCC(=O)NCCN)CCC(=O)NCCN)O[Si](C)(C)CCN(CCC(=O)NCCN)CCC(=O)NCCN. The summed E-state index contributed by atoms with van der Waals surface area (Å²) in [5.74, 6) is -0.231. The van der Waals surface area contributed by atoms with Crippen LogP contribution in [-0.2, 0) is 23.3 Å². The first-order valence-electron chi connectivity index (χ1n) is 16.3. The van der Waals surface area contributed by atoms with Gasteiger partial charge in [-0.25, -0.2) is 0 Å². The molecule has 4 amide bonds. The quantitative estimate of drug-likeness (QED) is 0.0417. The molecule has 0 radical (unpaired) electrons. The number of carbonyl (C=O) groups excluding carboxylic acids is 4. The highest BCUT2D eigenvalue weighted by Crippen LogP contribution is 2.22. The summed E-state index contributed by atoms with van der Waals surface area (Å²) < 4.78 is 6.89. The second-order valence-corrected chi connectivity index (χ2v) is 21.2. The Bertz CT molecular complexity index is 741. The maximum atomic E-state index is 12.2. The highest BCUT2D eigenvalue weighted by Gasteiger charge is 2.33. The number of amides is 4. The minimum atomic E-state index is -2.12. The number of nitrogens with two attached hydrogens (primary N) is 4. The Morgan fingerprint density at radius 2 is 0.733 bits per heavy atom. The lowest BCUT2D eigenvalue weighted by atomic mass is 10.3. The van der Waals surface area contributed by atoms with Gasteiger partial charge in [0.05, 0.1) is 0 Å². The van der Waals surface area contributed by atoms with Crippen LogP contribution in [-0.4, -0.2) is 142 Å². The average molecular weight is 677 g/mol. The van der Waals surface area contributed by atoms with E-state index in [9.17, 15) is 19.2 Å². The molecule has 0 rings (SSSR count). The molecular weight excluding hydrogens is 613 g/mol. The Balaban J connectivity index is 5.19. The van der Waals surface area contributed by atoms with Gasteiger partial charge in [-0.05, 0) is 51.4 Å². The van der Waals surface area contributed by atoms with Gasteiger partial charge in [-0.15, -0.1) is 0 Å². The van der Waals surface area contributed by atoms with Crippen LogP contribution < -0.4 is 44.2 Å². The van der Waals surface area contributed by atoms with Crippen molar-refractivity contribution in [1.29, 1.82) is 0 Å². The van der Waals surface area contributed by atoms with Crippen molar-refractivity contribution in [2.24, 2.45) is 22.9 Å². The van der Waals surface area contributed by atoms with E-state index in [-0.39, 0.29) is 23.6 Å². The van der Waals surface area contributed by atoms with Crippen LogP contribution in [0.25, 0.3) is 0 Å². The molecule has 0 atom stereocenters. The molecule has 0 bridgehead atoms. The molecule has 0 aliphatic carbocycles. The van der Waals surface area contributed by atoms with Crippen LogP contribution >= 0.6 is 0 Å². The Hall–Kier alpha value is -1.97. The second-order valence-electron chi connectivity index (χ2n) is 12.4. The largest absolute Gasteiger partial charge is 0.455 e. The molecule has 12 N–H and O–H groups in total. The van der Waals surface area contributed by atoms with Crippen molar-refractivity contribution >= 4 is 40.3 Å². The van der Waals surface area contributed by atoms with Gasteiger partial charge in [-0.2, -0.15) is 0 Å². The molecule has 0 spiro atoms. The standard InChI is InChI=1S/C28H64N10O5Si2/c1-44(2,23-21-37(17-5-25(39)33-13-9-29)18-6-26(40)34-14-10-30)43-45(3,4)24-22-38(19-7-27(41)35-15-11-31)20-8-28(42)36-16-12-32/h5-24,29-32H2,1-4H3,(H,33,39)(H,34,40)(H,35,41)(H,36,42). The fourth-order valence-corrected chi connectivity index (χ4v) is 13.1. The van der Waals surface area contributed by atoms with E-state index in [1.54, 1.807) is 0 Å². The Labute approximate surface area is 272 Å². The smallest absolute Gasteiger partial charge is 0.221 e. The molecule has 0 aromatic heterocycles. The van der Waals surface area contributed by atoms with Gasteiger partial charge < -0.3 is 58.1 Å². The molecule has 264 valence electrons. The van der Waals surface area contributed by atoms with Crippen molar-refractivity contribution in [2.45, 2.75) is 64.0 Å². The number of hydrogen-bond donors (Lipinski definition) is 8. The normalized spacial score (nSPS) is 12.0. The van der Waals surface area contributed by atoms with Gasteiger partial charge in [0, 0.05) is 104 Å². The summed E-state index contributed by atoms with van der Waals surface area (Å²) in [7, 11) is -4.23. The maximum absolute atomic E-state index is 12.2. The zero-order chi connectivity index (χ0) is 34.1. The molecule has 0 saturated carbocycles. The summed E-state index contributed by atoms with van der Waals surface area (Å²) >= 11 is 0. The lowest BCUT2D eigenvalue weighted by Gasteiger charge is -2.36. The minimum absolute atomic E-state index is 0.0578. The molecule has 0 fully saturated rings. The Morgan fingerprint density at radius 1 is 0.489 bits per heavy atom. The number of rotatable bonds is 28. The van der Waals surface area contributed by atoms with Crippen LogP contribution in [0.5, 0.6) is 0 Å². The van der Waals surface area contributed by atoms with E-state index in [1.807, 2.05) is 0 Å². The van der Waals surface area contributed by atoms with Crippen LogP contribution in [0.4, 0.5) is 0 Å². The van der Waals surface area contributed by atoms with Crippen molar-refractivity contribution in [1.82, 2.24) is 31.1 Å². The van der Waals surface area contributed by atoms with Crippen molar-refractivity contribution in [2.75, 3.05) is 91.6 Å². The van der Waals surface area contributed by atoms with Crippen molar-refractivity contribution in [3.63, 3.8) is 0 Å². The van der Waals surface area contributed by atoms with Gasteiger partial charge in [0.25, 0.3) is 0 Å². The monoisotopic (exact) mass is 676 g/mol. The highest BCUT2D eigenvalue weighted by atomic mass is 28.4. The second kappa shape index (κ2) is 25.2. The average Bonchev–Trinajstić information content (AvgIpc) is 2.99. The van der Waals surface area contributed by atoms with E-state index in [0.29, 0.717) is 104 Å². The molecule has 0 aliphatic heterocycles. The predicted octanol–water partition coefficient (Wildman–Crippen LogP) is -2.12. The topological polar surface area (TPSA) is 236 Å². The van der Waals surface area contributed by atoms with Gasteiger partial charge in [-0.1, -0.05) is 0 Å². The summed E-state index contributed by atoms with van der Waals surface area (Å²) in [4.78, 5) is 53.1. The highest BCUT2D eigenvalue weighted by molar-refractivity contribution is 6.84. The fraction of sp³-hybridized carbons (Fsp3) is 0.857.